The van der Waals surface area contributed by atoms with Crippen molar-refractivity contribution in [2.75, 3.05) is 39.4 Å². The van der Waals surface area contributed by atoms with Gasteiger partial charge in [0.05, 0.1) is 13.2 Å². The molecule has 7 heteroatoms. The molecule has 0 aromatic rings. The third-order valence-corrected chi connectivity index (χ3v) is 5.35. The molecular formula is C10H18N2O4S. The van der Waals surface area contributed by atoms with Gasteiger partial charge in [0.15, 0.2) is 0 Å². The van der Waals surface area contributed by atoms with Crippen molar-refractivity contribution in [3.63, 3.8) is 0 Å². The lowest BCUT2D eigenvalue weighted by Crippen LogP contribution is -2.50. The number of piperidine rings is 1. The maximum Gasteiger partial charge on any atom is 0.282 e. The number of carbonyl (C=O) groups excluding carboxylic acids is 1. The van der Waals surface area contributed by atoms with Crippen molar-refractivity contribution < 1.29 is 17.9 Å². The lowest BCUT2D eigenvalue weighted by atomic mass is 10.0. The molecule has 0 radical (unpaired) electrons. The second kappa shape index (κ2) is 5.43. The van der Waals surface area contributed by atoms with Crippen molar-refractivity contribution in [2.45, 2.75) is 12.8 Å². The molecule has 0 saturated carbocycles. The minimum Gasteiger partial charge on any atom is -0.379 e. The molecule has 2 aliphatic heterocycles. The van der Waals surface area contributed by atoms with Crippen molar-refractivity contribution in [2.24, 2.45) is 5.92 Å². The Kier molecular flexibility index (Phi) is 4.13. The van der Waals surface area contributed by atoms with Crippen molar-refractivity contribution in [1.29, 1.82) is 0 Å². The van der Waals surface area contributed by atoms with Gasteiger partial charge in [0, 0.05) is 32.1 Å². The van der Waals surface area contributed by atoms with E-state index in [2.05, 4.69) is 0 Å². The van der Waals surface area contributed by atoms with E-state index in [0.717, 1.165) is 6.29 Å². The SMILES string of the molecule is O=CC1CCN(S(=O)(=O)N2CCOCC2)CC1. The van der Waals surface area contributed by atoms with Crippen LogP contribution in [0.3, 0.4) is 0 Å². The molecule has 2 aliphatic rings. The number of rotatable bonds is 3. The highest BCUT2D eigenvalue weighted by Gasteiger charge is 2.33. The second-order valence-electron chi connectivity index (χ2n) is 4.39. The Morgan fingerprint density at radius 1 is 1.00 bits per heavy atom. The Morgan fingerprint density at radius 3 is 2.06 bits per heavy atom. The van der Waals surface area contributed by atoms with Gasteiger partial charge in [0.25, 0.3) is 10.2 Å². The first kappa shape index (κ1) is 12.9. The normalized spacial score (nSPS) is 25.9. The molecule has 2 fully saturated rings. The first-order valence-electron chi connectivity index (χ1n) is 5.93. The molecule has 2 heterocycles. The van der Waals surface area contributed by atoms with Crippen LogP contribution >= 0.6 is 0 Å². The summed E-state index contributed by atoms with van der Waals surface area (Å²) in [6, 6.07) is 0. The van der Waals surface area contributed by atoms with Crippen LogP contribution in [0.5, 0.6) is 0 Å². The highest BCUT2D eigenvalue weighted by molar-refractivity contribution is 7.86. The molecule has 0 N–H and O–H groups in total. The summed E-state index contributed by atoms with van der Waals surface area (Å²) >= 11 is 0. The van der Waals surface area contributed by atoms with Gasteiger partial charge in [-0.25, -0.2) is 0 Å². The number of hydrogen-bond donors (Lipinski definition) is 0. The lowest BCUT2D eigenvalue weighted by molar-refractivity contribution is -0.112. The molecule has 6 nitrogen and oxygen atoms in total. The van der Waals surface area contributed by atoms with Gasteiger partial charge in [0.1, 0.15) is 6.29 Å². The molecule has 0 bridgehead atoms. The van der Waals surface area contributed by atoms with Crippen molar-refractivity contribution >= 4 is 16.5 Å². The van der Waals surface area contributed by atoms with Crippen LogP contribution < -0.4 is 0 Å². The van der Waals surface area contributed by atoms with Crippen molar-refractivity contribution in [3.05, 3.63) is 0 Å². The Bertz CT molecular complexity index is 357. The van der Waals surface area contributed by atoms with E-state index in [-0.39, 0.29) is 5.92 Å². The molecule has 2 saturated heterocycles. The summed E-state index contributed by atoms with van der Waals surface area (Å²) in [4.78, 5) is 10.6. The van der Waals surface area contributed by atoms with E-state index in [9.17, 15) is 13.2 Å². The highest BCUT2D eigenvalue weighted by Crippen LogP contribution is 2.20. The first-order chi connectivity index (χ1) is 8.14. The van der Waals surface area contributed by atoms with Crippen molar-refractivity contribution in [1.82, 2.24) is 8.61 Å². The average Bonchev–Trinajstić information content (AvgIpc) is 2.40. The predicted octanol–water partition coefficient (Wildman–Crippen LogP) is -0.526. The third-order valence-electron chi connectivity index (χ3n) is 3.31. The molecule has 0 aromatic heterocycles. The van der Waals surface area contributed by atoms with Crippen LogP contribution in [0.25, 0.3) is 0 Å². The Hall–Kier alpha value is -0.500. The maximum atomic E-state index is 12.2. The second-order valence-corrected chi connectivity index (χ2v) is 6.32. The lowest BCUT2D eigenvalue weighted by Gasteiger charge is -2.35. The van der Waals surface area contributed by atoms with Gasteiger partial charge < -0.3 is 9.53 Å². The number of hydrogen-bond acceptors (Lipinski definition) is 4. The predicted molar refractivity (Wildman–Crippen MR) is 61.7 cm³/mol. The summed E-state index contributed by atoms with van der Waals surface area (Å²) < 4.78 is 32.6. The van der Waals surface area contributed by atoms with E-state index >= 15 is 0 Å². The van der Waals surface area contributed by atoms with Crippen LogP contribution in [0, 0.1) is 5.92 Å². The van der Waals surface area contributed by atoms with Gasteiger partial charge in [0.2, 0.25) is 0 Å². The zero-order chi connectivity index (χ0) is 12.3. The van der Waals surface area contributed by atoms with Gasteiger partial charge >= 0.3 is 0 Å². The molecular weight excluding hydrogens is 244 g/mol. The molecule has 98 valence electrons. The average molecular weight is 262 g/mol. The fraction of sp³-hybridized carbons (Fsp3) is 0.900. The summed E-state index contributed by atoms with van der Waals surface area (Å²) in [5.41, 5.74) is 0. The number of aldehydes is 1. The van der Waals surface area contributed by atoms with E-state index in [1.807, 2.05) is 0 Å². The smallest absolute Gasteiger partial charge is 0.282 e. The molecule has 0 unspecified atom stereocenters. The minimum atomic E-state index is -3.35. The molecule has 0 aromatic carbocycles. The summed E-state index contributed by atoms with van der Waals surface area (Å²) in [6.07, 6.45) is 2.19. The quantitative estimate of drug-likeness (QED) is 0.642. The summed E-state index contributed by atoms with van der Waals surface area (Å²) in [7, 11) is -3.35. The van der Waals surface area contributed by atoms with E-state index in [1.54, 1.807) is 0 Å². The van der Waals surface area contributed by atoms with Gasteiger partial charge in [-0.05, 0) is 12.8 Å². The van der Waals surface area contributed by atoms with E-state index in [1.165, 1.54) is 8.61 Å². The van der Waals surface area contributed by atoms with Crippen LogP contribution in [-0.2, 0) is 19.7 Å². The zero-order valence-corrected chi connectivity index (χ0v) is 10.6. The van der Waals surface area contributed by atoms with Crippen LogP contribution in [0.1, 0.15) is 12.8 Å². The number of nitrogens with zero attached hydrogens (tertiary/aromatic N) is 2. The fourth-order valence-electron chi connectivity index (χ4n) is 2.18. The molecule has 0 spiro atoms. The monoisotopic (exact) mass is 262 g/mol. The Balaban J connectivity index is 1.98. The fourth-order valence-corrected chi connectivity index (χ4v) is 3.79. The number of carbonyl (C=O) groups is 1. The first-order valence-corrected chi connectivity index (χ1v) is 7.32. The molecule has 0 amide bonds. The van der Waals surface area contributed by atoms with Gasteiger partial charge in [-0.1, -0.05) is 0 Å². The van der Waals surface area contributed by atoms with Crippen LogP contribution in [0.2, 0.25) is 0 Å². The summed E-state index contributed by atoms with van der Waals surface area (Å²) in [5.74, 6) is 0.0196. The Morgan fingerprint density at radius 2 is 1.53 bits per heavy atom. The highest BCUT2D eigenvalue weighted by atomic mass is 32.2. The van der Waals surface area contributed by atoms with Crippen LogP contribution in [0.15, 0.2) is 0 Å². The van der Waals surface area contributed by atoms with Gasteiger partial charge in [-0.15, -0.1) is 0 Å². The number of ether oxygens (including phenoxy) is 1. The molecule has 0 atom stereocenters. The standard InChI is InChI=1S/C10H18N2O4S/c13-9-10-1-3-11(4-2-10)17(14,15)12-5-7-16-8-6-12/h9-10H,1-8H2. The number of morpholine rings is 1. The van der Waals surface area contributed by atoms with Gasteiger partial charge in [-0.2, -0.15) is 17.0 Å². The summed E-state index contributed by atoms with van der Waals surface area (Å²) in [5, 5.41) is 0. The minimum absolute atomic E-state index is 0.0196. The largest absolute Gasteiger partial charge is 0.379 e. The topological polar surface area (TPSA) is 66.9 Å². The van der Waals surface area contributed by atoms with Gasteiger partial charge in [-0.3, -0.25) is 0 Å². The van der Waals surface area contributed by atoms with E-state index in [0.29, 0.717) is 52.2 Å². The van der Waals surface area contributed by atoms with Crippen LogP contribution in [-0.4, -0.2) is 62.7 Å². The van der Waals surface area contributed by atoms with Crippen LogP contribution in [0.4, 0.5) is 0 Å². The summed E-state index contributed by atoms with van der Waals surface area (Å²) in [6.45, 7) is 2.67. The third kappa shape index (κ3) is 2.85. The molecule has 0 aliphatic carbocycles. The molecule has 17 heavy (non-hydrogen) atoms. The zero-order valence-electron chi connectivity index (χ0n) is 9.75. The van der Waals surface area contributed by atoms with E-state index < -0.39 is 10.2 Å². The van der Waals surface area contributed by atoms with Crippen molar-refractivity contribution in [3.8, 4) is 0 Å². The molecule has 2 rings (SSSR count). The maximum absolute atomic E-state index is 12.2. The van der Waals surface area contributed by atoms with E-state index in [4.69, 9.17) is 4.74 Å². The Labute approximate surface area is 102 Å².